The fourth-order valence-corrected chi connectivity index (χ4v) is 2.85. The zero-order chi connectivity index (χ0) is 17.2. The van der Waals surface area contributed by atoms with Gasteiger partial charge < -0.3 is 4.90 Å². The Hall–Kier alpha value is -2.87. The fourth-order valence-electron chi connectivity index (χ4n) is 2.37. The summed E-state index contributed by atoms with van der Waals surface area (Å²) < 4.78 is 31.2. The first-order valence-corrected chi connectivity index (χ1v) is 8.00. The number of allylic oxidation sites excluding steroid dienone is 6. The van der Waals surface area contributed by atoms with E-state index < -0.39 is 10.1 Å². The molecule has 1 N–H and O–H groups in total. The molecule has 0 saturated heterocycles. The van der Waals surface area contributed by atoms with Gasteiger partial charge in [-0.15, -0.1) is 0 Å². The Bertz CT molecular complexity index is 886. The molecule has 1 aromatic rings. The van der Waals surface area contributed by atoms with E-state index in [1.54, 1.807) is 24.3 Å². The first-order valence-electron chi connectivity index (χ1n) is 6.56. The summed E-state index contributed by atoms with van der Waals surface area (Å²) in [5, 5.41) is 17.9. The zero-order valence-electron chi connectivity index (χ0n) is 12.5. The van der Waals surface area contributed by atoms with Gasteiger partial charge in [0.2, 0.25) is 0 Å². The van der Waals surface area contributed by atoms with E-state index in [4.69, 9.17) is 15.1 Å². The van der Waals surface area contributed by atoms with Crippen LogP contribution in [-0.4, -0.2) is 13.0 Å². The topological polar surface area (TPSA) is 105 Å². The zero-order valence-corrected chi connectivity index (χ0v) is 13.3. The third-order valence-corrected chi connectivity index (χ3v) is 4.21. The van der Waals surface area contributed by atoms with Gasteiger partial charge in [-0.05, 0) is 50.3 Å². The molecular weight excluding hydrogens is 314 g/mol. The molecular formula is C16H13N3O3S. The highest BCUT2D eigenvalue weighted by molar-refractivity contribution is 7.85. The normalized spacial score (nSPS) is 14.5. The second kappa shape index (κ2) is 6.09. The van der Waals surface area contributed by atoms with Crippen LogP contribution in [0.15, 0.2) is 63.9 Å². The number of hydrogen-bond acceptors (Lipinski definition) is 5. The Morgan fingerprint density at radius 2 is 1.52 bits per heavy atom. The molecule has 0 aliphatic carbocycles. The van der Waals surface area contributed by atoms with Gasteiger partial charge >= 0.3 is 0 Å². The number of nitrogens with zero attached hydrogens (tertiary/aromatic N) is 3. The smallest absolute Gasteiger partial charge is 0.294 e. The van der Waals surface area contributed by atoms with Gasteiger partial charge in [-0.2, -0.15) is 18.9 Å². The van der Waals surface area contributed by atoms with Crippen LogP contribution in [0.4, 0.5) is 5.69 Å². The third kappa shape index (κ3) is 3.32. The summed E-state index contributed by atoms with van der Waals surface area (Å²) in [6.45, 7) is 3.64. The van der Waals surface area contributed by atoms with Gasteiger partial charge in [0.15, 0.2) is 0 Å². The summed E-state index contributed by atoms with van der Waals surface area (Å²) in [5.74, 6) is 0. The molecule has 0 spiro atoms. The van der Waals surface area contributed by atoms with Crippen LogP contribution in [0.2, 0.25) is 0 Å². The summed E-state index contributed by atoms with van der Waals surface area (Å²) in [6, 6.07) is 9.48. The Morgan fingerprint density at radius 3 is 1.91 bits per heavy atom. The summed E-state index contributed by atoms with van der Waals surface area (Å²) in [5.41, 5.74) is 2.83. The van der Waals surface area contributed by atoms with Gasteiger partial charge in [0, 0.05) is 22.7 Å². The van der Waals surface area contributed by atoms with E-state index in [1.807, 2.05) is 30.9 Å². The van der Waals surface area contributed by atoms with Crippen LogP contribution in [-0.2, 0) is 10.1 Å². The van der Waals surface area contributed by atoms with Crippen LogP contribution in [0.25, 0.3) is 0 Å². The highest BCUT2D eigenvalue weighted by Gasteiger charge is 2.18. The van der Waals surface area contributed by atoms with E-state index in [2.05, 4.69) is 0 Å². The molecule has 7 heteroatoms. The average molecular weight is 327 g/mol. The third-order valence-electron chi connectivity index (χ3n) is 3.34. The van der Waals surface area contributed by atoms with E-state index in [-0.39, 0.29) is 10.5 Å². The average Bonchev–Trinajstić information content (AvgIpc) is 2.47. The molecule has 0 aromatic heterocycles. The van der Waals surface area contributed by atoms with Crippen LogP contribution in [0.3, 0.4) is 0 Å². The van der Waals surface area contributed by atoms with Gasteiger partial charge in [0.25, 0.3) is 10.1 Å². The van der Waals surface area contributed by atoms with Crippen LogP contribution in [0, 0.1) is 22.7 Å². The molecule has 0 atom stereocenters. The maximum absolute atomic E-state index is 11.1. The molecule has 1 heterocycles. The standard InChI is InChI=1S/C16H13N3O3S/c1-11-7-13(14(9-17)10-18)8-12(2)19(11)15-3-5-16(6-4-15)23(20,21)22/h3-8H,1-2H3,(H,20,21,22). The van der Waals surface area contributed by atoms with Crippen molar-refractivity contribution in [3.63, 3.8) is 0 Å². The minimum Gasteiger partial charge on any atom is -0.318 e. The SMILES string of the molecule is CC1=CC(=C(C#N)C#N)C=C(C)N1c1ccc(S(=O)(=O)O)cc1. The van der Waals surface area contributed by atoms with Crippen LogP contribution >= 0.6 is 0 Å². The number of nitriles is 2. The summed E-state index contributed by atoms with van der Waals surface area (Å²) in [6.07, 6.45) is 3.43. The number of hydrogen-bond donors (Lipinski definition) is 1. The minimum atomic E-state index is -4.23. The molecule has 6 nitrogen and oxygen atoms in total. The second-order valence-corrected chi connectivity index (χ2v) is 6.35. The molecule has 0 unspecified atom stereocenters. The predicted octanol–water partition coefficient (Wildman–Crippen LogP) is 2.90. The molecule has 1 aliphatic rings. The number of anilines is 1. The lowest BCUT2D eigenvalue weighted by Gasteiger charge is -2.29. The highest BCUT2D eigenvalue weighted by atomic mass is 32.2. The van der Waals surface area contributed by atoms with Crippen LogP contribution in [0.5, 0.6) is 0 Å². The number of rotatable bonds is 2. The Morgan fingerprint density at radius 1 is 1.04 bits per heavy atom. The lowest BCUT2D eigenvalue weighted by molar-refractivity contribution is 0.483. The van der Waals surface area contributed by atoms with Gasteiger partial charge in [0.1, 0.15) is 17.7 Å². The van der Waals surface area contributed by atoms with Gasteiger partial charge in [-0.3, -0.25) is 4.55 Å². The van der Waals surface area contributed by atoms with Gasteiger partial charge in [0.05, 0.1) is 4.90 Å². The molecule has 0 fully saturated rings. The van der Waals surface area contributed by atoms with Crippen molar-refractivity contribution in [1.29, 1.82) is 10.5 Å². The largest absolute Gasteiger partial charge is 0.318 e. The molecule has 0 bridgehead atoms. The van der Waals surface area contributed by atoms with Crippen molar-refractivity contribution in [2.75, 3.05) is 4.90 Å². The molecule has 0 saturated carbocycles. The lowest BCUT2D eigenvalue weighted by atomic mass is 10.0. The van der Waals surface area contributed by atoms with E-state index in [0.717, 1.165) is 11.4 Å². The van der Waals surface area contributed by atoms with Crippen LogP contribution in [0.1, 0.15) is 13.8 Å². The number of benzene rings is 1. The summed E-state index contributed by atoms with van der Waals surface area (Å²) in [4.78, 5) is 1.67. The first kappa shape index (κ1) is 16.5. The molecule has 0 radical (unpaired) electrons. The monoisotopic (exact) mass is 327 g/mol. The summed E-state index contributed by atoms with van der Waals surface area (Å²) in [7, 11) is -4.23. The van der Waals surface area contributed by atoms with Gasteiger partial charge in [-0.1, -0.05) is 0 Å². The predicted molar refractivity (Wildman–Crippen MR) is 84.5 cm³/mol. The van der Waals surface area contributed by atoms with Crippen molar-refractivity contribution in [1.82, 2.24) is 0 Å². The van der Waals surface area contributed by atoms with E-state index in [9.17, 15) is 8.42 Å². The molecule has 1 aliphatic heterocycles. The highest BCUT2D eigenvalue weighted by Crippen LogP contribution is 2.30. The van der Waals surface area contributed by atoms with E-state index in [1.165, 1.54) is 12.1 Å². The molecule has 116 valence electrons. The van der Waals surface area contributed by atoms with Crippen molar-refractivity contribution in [2.45, 2.75) is 18.7 Å². The first-order chi connectivity index (χ1) is 10.8. The lowest BCUT2D eigenvalue weighted by Crippen LogP contribution is -2.21. The van der Waals surface area contributed by atoms with E-state index >= 15 is 0 Å². The molecule has 2 rings (SSSR count). The summed E-state index contributed by atoms with van der Waals surface area (Å²) >= 11 is 0. The molecule has 0 amide bonds. The van der Waals surface area contributed by atoms with Crippen molar-refractivity contribution in [3.8, 4) is 12.1 Å². The Kier molecular flexibility index (Phi) is 4.37. The maximum atomic E-state index is 11.1. The van der Waals surface area contributed by atoms with E-state index in [0.29, 0.717) is 11.3 Å². The Labute approximate surface area is 134 Å². The van der Waals surface area contributed by atoms with Crippen molar-refractivity contribution < 1.29 is 13.0 Å². The maximum Gasteiger partial charge on any atom is 0.294 e. The van der Waals surface area contributed by atoms with Gasteiger partial charge in [-0.25, -0.2) is 0 Å². The fraction of sp³-hybridized carbons (Fsp3) is 0.125. The van der Waals surface area contributed by atoms with Crippen LogP contribution < -0.4 is 4.90 Å². The van der Waals surface area contributed by atoms with Crippen molar-refractivity contribution >= 4 is 15.8 Å². The second-order valence-electron chi connectivity index (χ2n) is 4.93. The minimum absolute atomic E-state index is 0.0325. The Balaban J connectivity index is 2.46. The molecule has 23 heavy (non-hydrogen) atoms. The quantitative estimate of drug-likeness (QED) is 0.661. The molecule has 1 aromatic carbocycles. The van der Waals surface area contributed by atoms with Crippen molar-refractivity contribution in [3.05, 3.63) is 59.0 Å². The van der Waals surface area contributed by atoms with Crippen molar-refractivity contribution in [2.24, 2.45) is 0 Å².